The molecule has 2 aliphatic rings. The highest BCUT2D eigenvalue weighted by atomic mass is 32.2. The van der Waals surface area contributed by atoms with Crippen molar-refractivity contribution in [1.29, 1.82) is 0 Å². The highest BCUT2D eigenvalue weighted by molar-refractivity contribution is 7.99. The molecule has 0 spiro atoms. The lowest BCUT2D eigenvalue weighted by Gasteiger charge is -2.39. The molecule has 2 fully saturated rings. The first-order chi connectivity index (χ1) is 9.54. The number of hydrogen-bond acceptors (Lipinski definition) is 2. The van der Waals surface area contributed by atoms with Crippen LogP contribution in [0.5, 0.6) is 0 Å². The van der Waals surface area contributed by atoms with E-state index in [2.05, 4.69) is 56.4 Å². The number of nitrogens with one attached hydrogen (secondary N) is 1. The average Bonchev–Trinajstić information content (AvgIpc) is 2.78. The Balaban J connectivity index is 1.49. The van der Waals surface area contributed by atoms with Gasteiger partial charge in [0.25, 0.3) is 0 Å². The maximum Gasteiger partial charge on any atom is 0.0129 e. The van der Waals surface area contributed by atoms with E-state index >= 15 is 0 Å². The van der Waals surface area contributed by atoms with Crippen LogP contribution in [0.3, 0.4) is 0 Å². The summed E-state index contributed by atoms with van der Waals surface area (Å²) in [5.74, 6) is 2.11. The zero-order valence-electron chi connectivity index (χ0n) is 13.0. The zero-order chi connectivity index (χ0) is 14.2. The van der Waals surface area contributed by atoms with E-state index in [-0.39, 0.29) is 0 Å². The summed E-state index contributed by atoms with van der Waals surface area (Å²) in [5.41, 5.74) is 1.03. The van der Waals surface area contributed by atoms with Crippen molar-refractivity contribution in [1.82, 2.24) is 5.32 Å². The third-order valence-electron chi connectivity index (χ3n) is 6.30. The largest absolute Gasteiger partial charge is 0.313 e. The predicted molar refractivity (Wildman–Crippen MR) is 88.2 cm³/mol. The van der Waals surface area contributed by atoms with E-state index in [9.17, 15) is 0 Å². The van der Waals surface area contributed by atoms with Crippen molar-refractivity contribution >= 4 is 11.8 Å². The van der Waals surface area contributed by atoms with Crippen LogP contribution in [-0.2, 0) is 0 Å². The lowest BCUT2D eigenvalue weighted by atomic mass is 9.69. The summed E-state index contributed by atoms with van der Waals surface area (Å²) in [5, 5.41) is 3.86. The van der Waals surface area contributed by atoms with E-state index < -0.39 is 0 Å². The number of benzene rings is 1. The molecule has 0 aromatic heterocycles. The molecule has 1 aromatic rings. The van der Waals surface area contributed by atoms with Gasteiger partial charge in [0.15, 0.2) is 0 Å². The Labute approximate surface area is 127 Å². The monoisotopic (exact) mass is 289 g/mol. The third kappa shape index (κ3) is 2.31. The Hall–Kier alpha value is -0.470. The van der Waals surface area contributed by atoms with Gasteiger partial charge in [0.2, 0.25) is 0 Å². The Bertz CT molecular complexity index is 456. The zero-order valence-corrected chi connectivity index (χ0v) is 13.8. The minimum absolute atomic E-state index is 0.509. The Morgan fingerprint density at radius 2 is 1.95 bits per heavy atom. The molecule has 20 heavy (non-hydrogen) atoms. The number of fused-ring (bicyclic) bond motifs is 2. The van der Waals surface area contributed by atoms with E-state index in [0.717, 1.165) is 18.5 Å². The molecule has 1 aromatic carbocycles. The molecule has 0 radical (unpaired) electrons. The van der Waals surface area contributed by atoms with Crippen LogP contribution < -0.4 is 5.32 Å². The van der Waals surface area contributed by atoms with Crippen LogP contribution in [-0.4, -0.2) is 18.3 Å². The Morgan fingerprint density at radius 1 is 1.20 bits per heavy atom. The Kier molecular flexibility index (Phi) is 3.89. The van der Waals surface area contributed by atoms with Gasteiger partial charge in [-0.1, -0.05) is 39.0 Å². The van der Waals surface area contributed by atoms with Gasteiger partial charge in [0.1, 0.15) is 0 Å². The second kappa shape index (κ2) is 5.38. The first kappa shape index (κ1) is 14.5. The SMILES string of the molecule is CC1(C)C2CCC1(C)C(NCCSc1ccccc1)C2. The lowest BCUT2D eigenvalue weighted by Crippen LogP contribution is -2.45. The summed E-state index contributed by atoms with van der Waals surface area (Å²) in [6, 6.07) is 11.5. The molecule has 2 aliphatic carbocycles. The summed E-state index contributed by atoms with van der Waals surface area (Å²) in [6.07, 6.45) is 4.24. The van der Waals surface area contributed by atoms with Gasteiger partial charge in [-0.15, -0.1) is 11.8 Å². The van der Waals surface area contributed by atoms with Gasteiger partial charge in [-0.3, -0.25) is 0 Å². The molecule has 0 saturated heterocycles. The molecule has 1 nitrogen and oxygen atoms in total. The summed E-state index contributed by atoms with van der Waals surface area (Å²) >= 11 is 1.96. The molecule has 0 aliphatic heterocycles. The van der Waals surface area contributed by atoms with Gasteiger partial charge in [-0.05, 0) is 48.1 Å². The maximum atomic E-state index is 3.86. The van der Waals surface area contributed by atoms with E-state index in [0.29, 0.717) is 10.8 Å². The molecule has 2 bridgehead atoms. The van der Waals surface area contributed by atoms with Gasteiger partial charge >= 0.3 is 0 Å². The molecule has 3 rings (SSSR count). The third-order valence-corrected chi connectivity index (χ3v) is 7.31. The van der Waals surface area contributed by atoms with Crippen LogP contribution in [0.15, 0.2) is 35.2 Å². The van der Waals surface area contributed by atoms with E-state index in [4.69, 9.17) is 0 Å². The second-order valence-electron chi connectivity index (χ2n) is 7.28. The van der Waals surface area contributed by atoms with Crippen molar-refractivity contribution in [3.63, 3.8) is 0 Å². The number of hydrogen-bond donors (Lipinski definition) is 1. The fraction of sp³-hybridized carbons (Fsp3) is 0.667. The van der Waals surface area contributed by atoms with Gasteiger partial charge in [-0.25, -0.2) is 0 Å². The summed E-state index contributed by atoms with van der Waals surface area (Å²) in [6.45, 7) is 8.63. The van der Waals surface area contributed by atoms with Crippen molar-refractivity contribution < 1.29 is 0 Å². The molecule has 110 valence electrons. The topological polar surface area (TPSA) is 12.0 Å². The van der Waals surface area contributed by atoms with Crippen LogP contribution in [0.4, 0.5) is 0 Å². The standard InChI is InChI=1S/C18H27NS/c1-17(2)14-9-10-18(17,3)16(13-14)19-11-12-20-15-7-5-4-6-8-15/h4-8,14,16,19H,9-13H2,1-3H3. The Morgan fingerprint density at radius 3 is 2.55 bits per heavy atom. The van der Waals surface area contributed by atoms with Gasteiger partial charge in [-0.2, -0.15) is 0 Å². The quantitative estimate of drug-likeness (QED) is 0.629. The van der Waals surface area contributed by atoms with Crippen molar-refractivity contribution in [2.75, 3.05) is 12.3 Å². The minimum Gasteiger partial charge on any atom is -0.313 e. The highest BCUT2D eigenvalue weighted by Gasteiger charge is 2.60. The fourth-order valence-electron chi connectivity index (χ4n) is 4.43. The molecule has 2 saturated carbocycles. The van der Waals surface area contributed by atoms with Crippen LogP contribution >= 0.6 is 11.8 Å². The van der Waals surface area contributed by atoms with E-state index in [1.807, 2.05) is 11.8 Å². The predicted octanol–water partition coefficient (Wildman–Crippen LogP) is 4.58. The lowest BCUT2D eigenvalue weighted by molar-refractivity contribution is 0.122. The smallest absolute Gasteiger partial charge is 0.0129 e. The maximum absolute atomic E-state index is 3.86. The fourth-order valence-corrected chi connectivity index (χ4v) is 5.24. The van der Waals surface area contributed by atoms with Crippen LogP contribution in [0.2, 0.25) is 0 Å². The molecule has 3 atom stereocenters. The van der Waals surface area contributed by atoms with Crippen LogP contribution in [0.25, 0.3) is 0 Å². The first-order valence-corrected chi connectivity index (χ1v) is 8.94. The van der Waals surface area contributed by atoms with Crippen molar-refractivity contribution in [3.05, 3.63) is 30.3 Å². The second-order valence-corrected chi connectivity index (χ2v) is 8.45. The average molecular weight is 289 g/mol. The van der Waals surface area contributed by atoms with E-state index in [1.54, 1.807) is 0 Å². The minimum atomic E-state index is 0.509. The summed E-state index contributed by atoms with van der Waals surface area (Å²) < 4.78 is 0. The van der Waals surface area contributed by atoms with Crippen molar-refractivity contribution in [2.24, 2.45) is 16.7 Å². The molecule has 2 heteroatoms. The van der Waals surface area contributed by atoms with Crippen molar-refractivity contribution in [2.45, 2.75) is 51.0 Å². The first-order valence-electron chi connectivity index (χ1n) is 7.95. The number of rotatable bonds is 5. The van der Waals surface area contributed by atoms with Crippen molar-refractivity contribution in [3.8, 4) is 0 Å². The van der Waals surface area contributed by atoms with Crippen LogP contribution in [0, 0.1) is 16.7 Å². The van der Waals surface area contributed by atoms with Gasteiger partial charge in [0, 0.05) is 23.2 Å². The summed E-state index contributed by atoms with van der Waals surface area (Å²) in [7, 11) is 0. The summed E-state index contributed by atoms with van der Waals surface area (Å²) in [4.78, 5) is 1.38. The highest BCUT2D eigenvalue weighted by Crippen LogP contribution is 2.65. The normalized spacial score (nSPS) is 34.5. The molecule has 0 heterocycles. The molecule has 0 amide bonds. The van der Waals surface area contributed by atoms with Gasteiger partial charge in [0.05, 0.1) is 0 Å². The van der Waals surface area contributed by atoms with Crippen LogP contribution in [0.1, 0.15) is 40.0 Å². The number of thioether (sulfide) groups is 1. The molecular weight excluding hydrogens is 262 g/mol. The molecule has 1 N–H and O–H groups in total. The van der Waals surface area contributed by atoms with Gasteiger partial charge < -0.3 is 5.32 Å². The molecule has 3 unspecified atom stereocenters. The molecular formula is C18H27NS. The van der Waals surface area contributed by atoms with E-state index in [1.165, 1.54) is 29.9 Å².